The first-order valence-corrected chi connectivity index (χ1v) is 8.11. The first-order chi connectivity index (χ1) is 9.13. The molecule has 1 amide bonds. The highest BCUT2D eigenvalue weighted by atomic mass is 32.1. The fourth-order valence-electron chi connectivity index (χ4n) is 2.99. The molecule has 1 fully saturated rings. The molecule has 1 atom stereocenters. The molecule has 0 aromatic rings. The molecule has 1 rings (SSSR count). The van der Waals surface area contributed by atoms with Crippen LogP contribution in [-0.4, -0.2) is 28.9 Å². The van der Waals surface area contributed by atoms with E-state index in [1.54, 1.807) is 0 Å². The van der Waals surface area contributed by atoms with Crippen LogP contribution in [-0.2, 0) is 4.79 Å². The predicted molar refractivity (Wildman–Crippen MR) is 88.6 cm³/mol. The van der Waals surface area contributed by atoms with Crippen LogP contribution in [0.5, 0.6) is 0 Å². The number of amides is 1. The zero-order valence-corrected chi connectivity index (χ0v) is 14.5. The van der Waals surface area contributed by atoms with Crippen molar-refractivity contribution in [3.05, 3.63) is 0 Å². The Morgan fingerprint density at radius 1 is 1.20 bits per heavy atom. The standard InChI is InChI=1S/C16H30N2OS/c1-12(15(2,3)4)18(5)14(19)16(13(17)20)10-8-6-7-9-11-16/h12H,6-11H2,1-5H3,(H2,17,20). The minimum Gasteiger partial charge on any atom is -0.392 e. The number of hydrogen-bond donors (Lipinski definition) is 1. The molecule has 1 aliphatic carbocycles. The van der Waals surface area contributed by atoms with Gasteiger partial charge in [0.2, 0.25) is 5.91 Å². The summed E-state index contributed by atoms with van der Waals surface area (Å²) < 4.78 is 0. The lowest BCUT2D eigenvalue weighted by atomic mass is 9.77. The predicted octanol–water partition coefficient (Wildman–Crippen LogP) is 3.51. The fourth-order valence-corrected chi connectivity index (χ4v) is 3.28. The van der Waals surface area contributed by atoms with Crippen LogP contribution in [0.1, 0.15) is 66.2 Å². The molecule has 0 aliphatic heterocycles. The smallest absolute Gasteiger partial charge is 0.235 e. The van der Waals surface area contributed by atoms with E-state index in [4.69, 9.17) is 18.0 Å². The average molecular weight is 298 g/mol. The Hall–Kier alpha value is -0.640. The molecule has 0 aromatic heterocycles. The molecule has 2 N–H and O–H groups in total. The van der Waals surface area contributed by atoms with Crippen LogP contribution < -0.4 is 5.73 Å². The molecule has 1 unspecified atom stereocenters. The zero-order chi connectivity index (χ0) is 15.6. The molecule has 116 valence electrons. The van der Waals surface area contributed by atoms with Crippen LogP contribution in [0.2, 0.25) is 0 Å². The van der Waals surface area contributed by atoms with Gasteiger partial charge < -0.3 is 10.6 Å². The maximum absolute atomic E-state index is 13.1. The molecule has 0 spiro atoms. The molecule has 20 heavy (non-hydrogen) atoms. The molecular weight excluding hydrogens is 268 g/mol. The Morgan fingerprint density at radius 2 is 1.65 bits per heavy atom. The monoisotopic (exact) mass is 298 g/mol. The number of nitrogens with two attached hydrogens (primary N) is 1. The van der Waals surface area contributed by atoms with E-state index in [0.29, 0.717) is 4.99 Å². The van der Waals surface area contributed by atoms with E-state index in [9.17, 15) is 4.79 Å². The minimum absolute atomic E-state index is 0.0482. The van der Waals surface area contributed by atoms with E-state index in [-0.39, 0.29) is 17.4 Å². The van der Waals surface area contributed by atoms with Gasteiger partial charge in [-0.05, 0) is 25.2 Å². The maximum Gasteiger partial charge on any atom is 0.235 e. The van der Waals surface area contributed by atoms with Crippen LogP contribution in [0.3, 0.4) is 0 Å². The second kappa shape index (κ2) is 6.42. The Balaban J connectivity index is 3.03. The molecule has 3 nitrogen and oxygen atoms in total. The normalized spacial score (nSPS) is 20.9. The summed E-state index contributed by atoms with van der Waals surface area (Å²) >= 11 is 5.29. The van der Waals surface area contributed by atoms with E-state index in [1.165, 1.54) is 12.8 Å². The van der Waals surface area contributed by atoms with E-state index >= 15 is 0 Å². The van der Waals surface area contributed by atoms with Crippen molar-refractivity contribution in [1.82, 2.24) is 4.90 Å². The summed E-state index contributed by atoms with van der Waals surface area (Å²) in [6.45, 7) is 8.56. The first kappa shape index (κ1) is 17.4. The molecular formula is C16H30N2OS. The highest BCUT2D eigenvalue weighted by Crippen LogP contribution is 2.38. The van der Waals surface area contributed by atoms with Crippen molar-refractivity contribution in [2.45, 2.75) is 72.3 Å². The van der Waals surface area contributed by atoms with E-state index in [0.717, 1.165) is 25.7 Å². The third-order valence-electron chi connectivity index (χ3n) is 4.99. The van der Waals surface area contributed by atoms with Gasteiger partial charge in [0.15, 0.2) is 0 Å². The quantitative estimate of drug-likeness (QED) is 0.640. The summed E-state index contributed by atoms with van der Waals surface area (Å²) in [5.41, 5.74) is 5.44. The summed E-state index contributed by atoms with van der Waals surface area (Å²) in [6, 6.07) is 0.157. The van der Waals surface area contributed by atoms with Gasteiger partial charge in [-0.2, -0.15) is 0 Å². The number of carbonyl (C=O) groups excluding carboxylic acids is 1. The summed E-state index contributed by atoms with van der Waals surface area (Å²) in [7, 11) is 1.89. The molecule has 4 heteroatoms. The largest absolute Gasteiger partial charge is 0.392 e. The van der Waals surface area contributed by atoms with Crippen molar-refractivity contribution < 1.29 is 4.79 Å². The van der Waals surface area contributed by atoms with E-state index in [1.807, 2.05) is 11.9 Å². The van der Waals surface area contributed by atoms with Gasteiger partial charge in [0.05, 0.1) is 10.4 Å². The number of hydrogen-bond acceptors (Lipinski definition) is 2. The van der Waals surface area contributed by atoms with E-state index in [2.05, 4.69) is 27.7 Å². The second-order valence-electron chi connectivity index (χ2n) is 7.32. The maximum atomic E-state index is 13.1. The molecule has 0 radical (unpaired) electrons. The van der Waals surface area contributed by atoms with Crippen LogP contribution in [0, 0.1) is 10.8 Å². The van der Waals surface area contributed by atoms with E-state index < -0.39 is 5.41 Å². The lowest BCUT2D eigenvalue weighted by molar-refractivity contribution is -0.141. The second-order valence-corrected chi connectivity index (χ2v) is 7.76. The van der Waals surface area contributed by atoms with Gasteiger partial charge in [-0.3, -0.25) is 4.79 Å². The lowest BCUT2D eigenvalue weighted by Crippen LogP contribution is -2.54. The lowest BCUT2D eigenvalue weighted by Gasteiger charge is -2.41. The van der Waals surface area contributed by atoms with Crippen LogP contribution in [0.15, 0.2) is 0 Å². The minimum atomic E-state index is -0.611. The summed E-state index contributed by atoms with van der Waals surface area (Å²) in [6.07, 6.45) is 6.05. The third kappa shape index (κ3) is 3.51. The van der Waals surface area contributed by atoms with Crippen molar-refractivity contribution in [2.24, 2.45) is 16.6 Å². The van der Waals surface area contributed by atoms with Gasteiger partial charge in [-0.15, -0.1) is 0 Å². The van der Waals surface area contributed by atoms with Gasteiger partial charge in [0.25, 0.3) is 0 Å². The van der Waals surface area contributed by atoms with Crippen LogP contribution >= 0.6 is 12.2 Å². The molecule has 0 saturated heterocycles. The van der Waals surface area contributed by atoms with Crippen molar-refractivity contribution in [2.75, 3.05) is 7.05 Å². The van der Waals surface area contributed by atoms with Gasteiger partial charge in [-0.25, -0.2) is 0 Å². The Kier molecular flexibility index (Phi) is 5.59. The number of rotatable bonds is 3. The SMILES string of the molecule is CC(N(C)C(=O)C1(C(N)=S)CCCCCC1)C(C)(C)C. The fraction of sp³-hybridized carbons (Fsp3) is 0.875. The van der Waals surface area contributed by atoms with Gasteiger partial charge in [-0.1, -0.05) is 58.7 Å². The van der Waals surface area contributed by atoms with Crippen LogP contribution in [0.4, 0.5) is 0 Å². The molecule has 0 bridgehead atoms. The number of thiocarbonyl (C=S) groups is 1. The number of nitrogens with zero attached hydrogens (tertiary/aromatic N) is 1. The van der Waals surface area contributed by atoms with Crippen molar-refractivity contribution in [3.63, 3.8) is 0 Å². The summed E-state index contributed by atoms with van der Waals surface area (Å²) in [4.78, 5) is 15.3. The molecule has 1 saturated carbocycles. The van der Waals surface area contributed by atoms with Gasteiger partial charge in [0.1, 0.15) is 0 Å². The van der Waals surface area contributed by atoms with Crippen LogP contribution in [0.25, 0.3) is 0 Å². The Bertz CT molecular complexity index is 365. The van der Waals surface area contributed by atoms with Crippen molar-refractivity contribution >= 4 is 23.1 Å². The first-order valence-electron chi connectivity index (χ1n) is 7.70. The Morgan fingerprint density at radius 3 is 2.00 bits per heavy atom. The highest BCUT2D eigenvalue weighted by Gasteiger charge is 2.45. The van der Waals surface area contributed by atoms with Gasteiger partial charge >= 0.3 is 0 Å². The highest BCUT2D eigenvalue weighted by molar-refractivity contribution is 7.80. The molecule has 1 aliphatic rings. The average Bonchev–Trinajstić information content (AvgIpc) is 2.61. The van der Waals surface area contributed by atoms with Gasteiger partial charge in [0, 0.05) is 13.1 Å². The Labute approximate surface area is 129 Å². The van der Waals surface area contributed by atoms with Crippen molar-refractivity contribution in [1.29, 1.82) is 0 Å². The third-order valence-corrected chi connectivity index (χ3v) is 5.38. The number of carbonyl (C=O) groups is 1. The summed E-state index contributed by atoms with van der Waals surface area (Å²) in [5, 5.41) is 0. The summed E-state index contributed by atoms with van der Waals surface area (Å²) in [5.74, 6) is 0.120. The zero-order valence-electron chi connectivity index (χ0n) is 13.7. The molecule has 0 heterocycles. The topological polar surface area (TPSA) is 46.3 Å². The van der Waals surface area contributed by atoms with Crippen molar-refractivity contribution in [3.8, 4) is 0 Å². The molecule has 0 aromatic carbocycles.